The first-order valence-corrected chi connectivity index (χ1v) is 12.4. The van der Waals surface area contributed by atoms with Gasteiger partial charge in [0.25, 0.3) is 5.91 Å². The van der Waals surface area contributed by atoms with Crippen LogP contribution in [0.5, 0.6) is 11.5 Å². The second-order valence-electron chi connectivity index (χ2n) is 7.09. The first-order valence-electron chi connectivity index (χ1n) is 9.77. The smallest absolute Gasteiger partial charge is 0.339 e. The summed E-state index contributed by atoms with van der Waals surface area (Å²) in [6, 6.07) is 10.9. The molecule has 8 nitrogen and oxygen atoms in total. The Kier molecular flexibility index (Phi) is 7.77. The van der Waals surface area contributed by atoms with Crippen molar-refractivity contribution in [1.82, 2.24) is 4.90 Å². The second-order valence-corrected chi connectivity index (χ2v) is 10.3. The molecule has 1 heterocycles. The summed E-state index contributed by atoms with van der Waals surface area (Å²) >= 11 is 6.36. The minimum absolute atomic E-state index is 0.0106. The van der Waals surface area contributed by atoms with Crippen molar-refractivity contribution >= 4 is 56.4 Å². The van der Waals surface area contributed by atoms with Gasteiger partial charge in [-0.3, -0.25) is 14.5 Å². The number of thiocarbonyl (C=S) groups is 1. The number of ether oxygens (including phenoxy) is 1. The summed E-state index contributed by atoms with van der Waals surface area (Å²) < 4.78 is 36.1. The zero-order valence-corrected chi connectivity index (χ0v) is 20.3. The monoisotopic (exact) mass is 507 g/mol. The molecule has 1 amide bonds. The Bertz CT molecular complexity index is 1220. The zero-order valence-electron chi connectivity index (χ0n) is 17.8. The summed E-state index contributed by atoms with van der Waals surface area (Å²) in [5.74, 6) is -1.06. The maximum Gasteiger partial charge on any atom is 0.339 e. The topological polar surface area (TPSA) is 110 Å². The number of carbonyl (C=O) groups excluding carboxylic acids is 1. The SMILES string of the molecule is COc1cc(/C=C2\SC(=S)N(CCCC(=O)O)C2=O)ccc1OS(=O)(=O)c1ccc(C)cc1. The lowest BCUT2D eigenvalue weighted by Gasteiger charge is -2.13. The van der Waals surface area contributed by atoms with Gasteiger partial charge >= 0.3 is 16.1 Å². The molecule has 0 atom stereocenters. The van der Waals surface area contributed by atoms with E-state index in [-0.39, 0.29) is 35.3 Å². The van der Waals surface area contributed by atoms with Gasteiger partial charge in [-0.05, 0) is 49.2 Å². The predicted octanol–water partition coefficient (Wildman–Crippen LogP) is 3.84. The molecular formula is C22H21NO7S3. The van der Waals surface area contributed by atoms with E-state index in [4.69, 9.17) is 26.2 Å². The van der Waals surface area contributed by atoms with Gasteiger partial charge in [-0.15, -0.1) is 0 Å². The van der Waals surface area contributed by atoms with E-state index in [1.165, 1.54) is 30.2 Å². The number of carboxylic acid groups (broad SMARTS) is 1. The quantitative estimate of drug-likeness (QED) is 0.307. The van der Waals surface area contributed by atoms with Gasteiger partial charge in [0.05, 0.1) is 12.0 Å². The molecule has 0 aliphatic carbocycles. The first kappa shape index (κ1) is 24.7. The van der Waals surface area contributed by atoms with Crippen molar-refractivity contribution in [3.8, 4) is 11.5 Å². The summed E-state index contributed by atoms with van der Waals surface area (Å²) in [4.78, 5) is 25.1. The molecule has 0 unspecified atom stereocenters. The average Bonchev–Trinajstić information content (AvgIpc) is 3.02. The van der Waals surface area contributed by atoms with Gasteiger partial charge in [0.15, 0.2) is 11.5 Å². The number of carboxylic acids is 1. The van der Waals surface area contributed by atoms with Gasteiger partial charge in [0.1, 0.15) is 9.22 Å². The summed E-state index contributed by atoms with van der Waals surface area (Å²) in [6.45, 7) is 2.07. The highest BCUT2D eigenvalue weighted by Gasteiger charge is 2.31. The van der Waals surface area contributed by atoms with Crippen LogP contribution >= 0.6 is 24.0 Å². The van der Waals surface area contributed by atoms with Crippen molar-refractivity contribution in [1.29, 1.82) is 0 Å². The maximum atomic E-state index is 12.7. The van der Waals surface area contributed by atoms with E-state index in [9.17, 15) is 18.0 Å². The lowest BCUT2D eigenvalue weighted by atomic mass is 10.2. The van der Waals surface area contributed by atoms with E-state index in [1.807, 2.05) is 6.92 Å². The van der Waals surface area contributed by atoms with Crippen molar-refractivity contribution in [3.63, 3.8) is 0 Å². The van der Waals surface area contributed by atoms with Gasteiger partial charge in [-0.25, -0.2) is 0 Å². The Hall–Kier alpha value is -2.89. The number of amides is 1. The van der Waals surface area contributed by atoms with Crippen LogP contribution < -0.4 is 8.92 Å². The van der Waals surface area contributed by atoms with E-state index in [0.29, 0.717) is 21.2 Å². The van der Waals surface area contributed by atoms with Crippen LogP contribution in [-0.2, 0) is 19.7 Å². The minimum Gasteiger partial charge on any atom is -0.493 e. The molecular weight excluding hydrogens is 486 g/mol. The van der Waals surface area contributed by atoms with Crippen LogP contribution in [0.3, 0.4) is 0 Å². The number of aliphatic carboxylic acids is 1. The molecule has 1 saturated heterocycles. The zero-order chi connectivity index (χ0) is 24.2. The highest BCUT2D eigenvalue weighted by Crippen LogP contribution is 2.35. The van der Waals surface area contributed by atoms with Gasteiger partial charge < -0.3 is 14.0 Å². The maximum absolute atomic E-state index is 12.7. The lowest BCUT2D eigenvalue weighted by Crippen LogP contribution is -2.29. The van der Waals surface area contributed by atoms with Crippen molar-refractivity contribution < 1.29 is 32.0 Å². The molecule has 0 saturated carbocycles. The first-order chi connectivity index (χ1) is 15.6. The molecule has 1 aliphatic rings. The summed E-state index contributed by atoms with van der Waals surface area (Å²) in [5.41, 5.74) is 1.50. The Balaban J connectivity index is 1.79. The standard InChI is InChI=1S/C22H21NO7S3/c1-14-5-8-16(9-6-14)33(27,28)30-17-10-7-15(12-18(17)29-2)13-19-21(26)23(22(31)32-19)11-3-4-20(24)25/h5-10,12-13H,3-4,11H2,1-2H3,(H,24,25)/b19-13-. The largest absolute Gasteiger partial charge is 0.493 e. The highest BCUT2D eigenvalue weighted by molar-refractivity contribution is 8.26. The van der Waals surface area contributed by atoms with Crippen LogP contribution in [0.2, 0.25) is 0 Å². The molecule has 0 bridgehead atoms. The summed E-state index contributed by atoms with van der Waals surface area (Å²) in [7, 11) is -2.67. The molecule has 11 heteroatoms. The number of benzene rings is 2. The molecule has 1 aliphatic heterocycles. The van der Waals surface area contributed by atoms with Crippen LogP contribution in [0, 0.1) is 6.92 Å². The van der Waals surface area contributed by atoms with Crippen LogP contribution in [0.25, 0.3) is 6.08 Å². The van der Waals surface area contributed by atoms with Crippen molar-refractivity contribution in [2.45, 2.75) is 24.7 Å². The van der Waals surface area contributed by atoms with Crippen molar-refractivity contribution in [2.75, 3.05) is 13.7 Å². The molecule has 174 valence electrons. The van der Waals surface area contributed by atoms with Gasteiger partial charge in [0.2, 0.25) is 0 Å². The normalized spacial score (nSPS) is 15.2. The fraction of sp³-hybridized carbons (Fsp3) is 0.227. The Morgan fingerprint density at radius 1 is 1.18 bits per heavy atom. The molecule has 0 aromatic heterocycles. The number of aryl methyl sites for hydroxylation is 1. The Morgan fingerprint density at radius 2 is 1.88 bits per heavy atom. The van der Waals surface area contributed by atoms with E-state index in [0.717, 1.165) is 17.3 Å². The molecule has 0 radical (unpaired) electrons. The third kappa shape index (κ3) is 6.12. The molecule has 2 aromatic carbocycles. The van der Waals surface area contributed by atoms with Crippen molar-refractivity contribution in [2.24, 2.45) is 0 Å². The predicted molar refractivity (Wildman–Crippen MR) is 129 cm³/mol. The van der Waals surface area contributed by atoms with E-state index < -0.39 is 16.1 Å². The fourth-order valence-electron chi connectivity index (χ4n) is 2.95. The van der Waals surface area contributed by atoms with E-state index in [1.54, 1.807) is 30.3 Å². The van der Waals surface area contributed by atoms with E-state index >= 15 is 0 Å². The lowest BCUT2D eigenvalue weighted by molar-refractivity contribution is -0.137. The van der Waals surface area contributed by atoms with Gasteiger partial charge in [-0.2, -0.15) is 8.42 Å². The molecule has 0 spiro atoms. The molecule has 3 rings (SSSR count). The van der Waals surface area contributed by atoms with Crippen molar-refractivity contribution in [3.05, 3.63) is 58.5 Å². The third-order valence-corrected chi connectivity index (χ3v) is 7.27. The highest BCUT2D eigenvalue weighted by atomic mass is 32.2. The number of hydrogen-bond acceptors (Lipinski definition) is 8. The van der Waals surface area contributed by atoms with Crippen LogP contribution in [0.4, 0.5) is 0 Å². The second kappa shape index (κ2) is 10.4. The average molecular weight is 508 g/mol. The van der Waals surface area contributed by atoms with Crippen LogP contribution in [-0.4, -0.2) is 48.3 Å². The van der Waals surface area contributed by atoms with Crippen LogP contribution in [0.1, 0.15) is 24.0 Å². The van der Waals surface area contributed by atoms with Gasteiger partial charge in [-0.1, -0.05) is 47.7 Å². The number of hydrogen-bond donors (Lipinski definition) is 1. The van der Waals surface area contributed by atoms with Crippen LogP contribution in [0.15, 0.2) is 52.3 Å². The molecule has 1 fully saturated rings. The van der Waals surface area contributed by atoms with E-state index in [2.05, 4.69) is 0 Å². The number of carbonyl (C=O) groups is 2. The summed E-state index contributed by atoms with van der Waals surface area (Å²) in [5, 5.41) is 8.77. The van der Waals surface area contributed by atoms with Gasteiger partial charge in [0, 0.05) is 13.0 Å². The molecule has 33 heavy (non-hydrogen) atoms. The Morgan fingerprint density at radius 3 is 2.52 bits per heavy atom. The number of thioether (sulfide) groups is 1. The third-order valence-electron chi connectivity index (χ3n) is 4.64. The molecule has 1 N–H and O–H groups in total. The summed E-state index contributed by atoms with van der Waals surface area (Å²) in [6.07, 6.45) is 1.85. The Labute approximate surface area is 201 Å². The molecule has 2 aromatic rings. The minimum atomic E-state index is -4.06. The fourth-order valence-corrected chi connectivity index (χ4v) is 5.19. The number of nitrogens with zero attached hydrogens (tertiary/aromatic N) is 1. The number of methoxy groups -OCH3 is 1. The number of rotatable bonds is 9.